The van der Waals surface area contributed by atoms with E-state index >= 15 is 0 Å². The van der Waals surface area contributed by atoms with Gasteiger partial charge in [0.15, 0.2) is 11.5 Å². The van der Waals surface area contributed by atoms with E-state index in [1.807, 2.05) is 0 Å². The SMILES string of the molecule is CC(C)C(=NNC(=O)c1ccc2c(c1)OCO2)C(C)C. The van der Waals surface area contributed by atoms with Crippen molar-refractivity contribution in [2.24, 2.45) is 16.9 Å². The van der Waals surface area contributed by atoms with Crippen molar-refractivity contribution in [1.82, 2.24) is 5.43 Å². The van der Waals surface area contributed by atoms with Crippen LogP contribution in [0.15, 0.2) is 23.3 Å². The van der Waals surface area contributed by atoms with Crippen molar-refractivity contribution in [3.8, 4) is 11.5 Å². The fourth-order valence-electron chi connectivity index (χ4n) is 2.14. The van der Waals surface area contributed by atoms with Gasteiger partial charge in [-0.15, -0.1) is 0 Å². The van der Waals surface area contributed by atoms with E-state index in [0.29, 0.717) is 28.9 Å². The van der Waals surface area contributed by atoms with Gasteiger partial charge in [0, 0.05) is 11.3 Å². The molecule has 0 fully saturated rings. The summed E-state index contributed by atoms with van der Waals surface area (Å²) in [6.07, 6.45) is 0. The van der Waals surface area contributed by atoms with Crippen molar-refractivity contribution >= 4 is 11.6 Å². The van der Waals surface area contributed by atoms with Crippen LogP contribution >= 0.6 is 0 Å². The molecule has 0 saturated carbocycles. The van der Waals surface area contributed by atoms with Gasteiger partial charge in [0.25, 0.3) is 5.91 Å². The fraction of sp³-hybridized carbons (Fsp3) is 0.467. The Balaban J connectivity index is 2.10. The lowest BCUT2D eigenvalue weighted by molar-refractivity contribution is 0.0954. The molecule has 0 radical (unpaired) electrons. The number of amides is 1. The topological polar surface area (TPSA) is 59.9 Å². The van der Waals surface area contributed by atoms with Gasteiger partial charge < -0.3 is 9.47 Å². The minimum absolute atomic E-state index is 0.198. The molecule has 20 heavy (non-hydrogen) atoms. The zero-order chi connectivity index (χ0) is 14.7. The van der Waals surface area contributed by atoms with Crippen LogP contribution in [0, 0.1) is 11.8 Å². The number of hydrazone groups is 1. The number of rotatable bonds is 4. The van der Waals surface area contributed by atoms with E-state index in [1.165, 1.54) is 0 Å². The molecule has 1 aromatic rings. The Labute approximate surface area is 119 Å². The summed E-state index contributed by atoms with van der Waals surface area (Å²) in [6.45, 7) is 8.44. The summed E-state index contributed by atoms with van der Waals surface area (Å²) in [5.41, 5.74) is 4.08. The van der Waals surface area contributed by atoms with Crippen molar-refractivity contribution in [2.75, 3.05) is 6.79 Å². The molecular weight excluding hydrogens is 256 g/mol. The van der Waals surface area contributed by atoms with Gasteiger partial charge in [0.2, 0.25) is 6.79 Å². The molecular formula is C15H20N2O3. The molecule has 1 N–H and O–H groups in total. The van der Waals surface area contributed by atoms with Gasteiger partial charge in [0.05, 0.1) is 0 Å². The second-order valence-corrected chi connectivity index (χ2v) is 5.36. The van der Waals surface area contributed by atoms with E-state index in [2.05, 4.69) is 38.2 Å². The quantitative estimate of drug-likeness (QED) is 0.679. The predicted molar refractivity (Wildman–Crippen MR) is 77.1 cm³/mol. The molecule has 1 aliphatic heterocycles. The standard InChI is InChI=1S/C15H20N2O3/c1-9(2)14(10(3)4)16-17-15(18)11-5-6-12-13(7-11)20-8-19-12/h5-7,9-10H,8H2,1-4H3,(H,17,18). The molecule has 0 unspecified atom stereocenters. The number of hydrogen-bond acceptors (Lipinski definition) is 4. The molecule has 5 nitrogen and oxygen atoms in total. The summed E-state index contributed by atoms with van der Waals surface area (Å²) in [5, 5.41) is 4.24. The van der Waals surface area contributed by atoms with Gasteiger partial charge >= 0.3 is 0 Å². The number of hydrogen-bond donors (Lipinski definition) is 1. The van der Waals surface area contributed by atoms with Crippen molar-refractivity contribution in [2.45, 2.75) is 27.7 Å². The van der Waals surface area contributed by atoms with Gasteiger partial charge in [-0.25, -0.2) is 5.43 Å². The van der Waals surface area contributed by atoms with Gasteiger partial charge in [0.1, 0.15) is 0 Å². The highest BCUT2D eigenvalue weighted by molar-refractivity contribution is 5.96. The van der Waals surface area contributed by atoms with Crippen molar-refractivity contribution < 1.29 is 14.3 Å². The number of nitrogens with zero attached hydrogens (tertiary/aromatic N) is 1. The smallest absolute Gasteiger partial charge is 0.271 e. The highest BCUT2D eigenvalue weighted by Gasteiger charge is 2.16. The van der Waals surface area contributed by atoms with Crippen LogP contribution in [0.4, 0.5) is 0 Å². The molecule has 0 aromatic heterocycles. The molecule has 0 atom stereocenters. The van der Waals surface area contributed by atoms with Crippen LogP contribution in [0.5, 0.6) is 11.5 Å². The zero-order valence-corrected chi connectivity index (χ0v) is 12.3. The largest absolute Gasteiger partial charge is 0.454 e. The summed E-state index contributed by atoms with van der Waals surface area (Å²) in [6, 6.07) is 5.09. The van der Waals surface area contributed by atoms with E-state index < -0.39 is 0 Å². The minimum atomic E-state index is -0.248. The Kier molecular flexibility index (Phi) is 4.27. The maximum Gasteiger partial charge on any atom is 0.271 e. The Morgan fingerprint density at radius 2 is 1.80 bits per heavy atom. The molecule has 1 aromatic carbocycles. The van der Waals surface area contributed by atoms with E-state index in [-0.39, 0.29) is 12.7 Å². The maximum absolute atomic E-state index is 12.1. The number of fused-ring (bicyclic) bond motifs is 1. The Hall–Kier alpha value is -2.04. The normalized spacial score (nSPS) is 12.7. The Morgan fingerprint density at radius 3 is 2.45 bits per heavy atom. The van der Waals surface area contributed by atoms with E-state index in [4.69, 9.17) is 9.47 Å². The molecule has 0 aliphatic carbocycles. The lowest BCUT2D eigenvalue weighted by Crippen LogP contribution is -2.24. The average molecular weight is 276 g/mol. The van der Waals surface area contributed by atoms with Crippen LogP contribution in [0.2, 0.25) is 0 Å². The highest BCUT2D eigenvalue weighted by atomic mass is 16.7. The molecule has 1 amide bonds. The monoisotopic (exact) mass is 276 g/mol. The lowest BCUT2D eigenvalue weighted by atomic mass is 9.98. The number of carbonyl (C=O) groups is 1. The molecule has 0 saturated heterocycles. The van der Waals surface area contributed by atoms with Crippen molar-refractivity contribution in [1.29, 1.82) is 0 Å². The van der Waals surface area contributed by atoms with Gasteiger partial charge in [-0.3, -0.25) is 4.79 Å². The second-order valence-electron chi connectivity index (χ2n) is 5.36. The third-order valence-corrected chi connectivity index (χ3v) is 3.10. The Bertz CT molecular complexity index is 526. The number of ether oxygens (including phenoxy) is 2. The van der Waals surface area contributed by atoms with Gasteiger partial charge in [-0.2, -0.15) is 5.10 Å². The second kappa shape index (κ2) is 5.94. The van der Waals surface area contributed by atoms with E-state index in [9.17, 15) is 4.79 Å². The average Bonchev–Trinajstić information content (AvgIpc) is 2.84. The summed E-state index contributed by atoms with van der Waals surface area (Å²) < 4.78 is 10.5. The third-order valence-electron chi connectivity index (χ3n) is 3.10. The van der Waals surface area contributed by atoms with Crippen molar-refractivity contribution in [3.05, 3.63) is 23.8 Å². The predicted octanol–water partition coefficient (Wildman–Crippen LogP) is 2.81. The highest BCUT2D eigenvalue weighted by Crippen LogP contribution is 2.32. The summed E-state index contributed by atoms with van der Waals surface area (Å²) in [5.74, 6) is 1.60. The van der Waals surface area contributed by atoms with Gasteiger partial charge in [-0.05, 0) is 30.0 Å². The molecule has 0 bridgehead atoms. The summed E-state index contributed by atoms with van der Waals surface area (Å²) in [7, 11) is 0. The van der Waals surface area contributed by atoms with Crippen LogP contribution in [0.25, 0.3) is 0 Å². The lowest BCUT2D eigenvalue weighted by Gasteiger charge is -2.13. The fourth-order valence-corrected chi connectivity index (χ4v) is 2.14. The van der Waals surface area contributed by atoms with Crippen molar-refractivity contribution in [3.63, 3.8) is 0 Å². The van der Waals surface area contributed by atoms with Crippen LogP contribution in [0.1, 0.15) is 38.1 Å². The summed E-state index contributed by atoms with van der Waals surface area (Å²) in [4.78, 5) is 12.1. The first-order valence-electron chi connectivity index (χ1n) is 6.76. The first-order chi connectivity index (χ1) is 9.49. The molecule has 2 rings (SSSR count). The number of nitrogens with one attached hydrogen (secondary N) is 1. The molecule has 1 heterocycles. The van der Waals surface area contributed by atoms with Gasteiger partial charge in [-0.1, -0.05) is 27.7 Å². The number of benzene rings is 1. The molecule has 108 valence electrons. The molecule has 1 aliphatic rings. The summed E-state index contributed by atoms with van der Waals surface area (Å²) >= 11 is 0. The maximum atomic E-state index is 12.1. The van der Waals surface area contributed by atoms with E-state index in [1.54, 1.807) is 18.2 Å². The molecule has 0 spiro atoms. The third kappa shape index (κ3) is 3.10. The first kappa shape index (κ1) is 14.4. The van der Waals surface area contributed by atoms with Crippen LogP contribution in [-0.2, 0) is 0 Å². The van der Waals surface area contributed by atoms with Crippen LogP contribution in [-0.4, -0.2) is 18.4 Å². The first-order valence-corrected chi connectivity index (χ1v) is 6.76. The molecule has 5 heteroatoms. The Morgan fingerprint density at radius 1 is 1.15 bits per heavy atom. The minimum Gasteiger partial charge on any atom is -0.454 e. The number of carbonyl (C=O) groups excluding carboxylic acids is 1. The van der Waals surface area contributed by atoms with Crippen LogP contribution < -0.4 is 14.9 Å². The zero-order valence-electron chi connectivity index (χ0n) is 12.3. The van der Waals surface area contributed by atoms with E-state index in [0.717, 1.165) is 5.71 Å². The van der Waals surface area contributed by atoms with Crippen LogP contribution in [0.3, 0.4) is 0 Å².